The third-order valence-electron chi connectivity index (χ3n) is 3.27. The maximum Gasteiger partial charge on any atom is 0.161 e. The molecule has 3 aromatic rings. The van der Waals surface area contributed by atoms with Crippen LogP contribution in [0, 0.1) is 5.82 Å². The number of benzene rings is 2. The Labute approximate surface area is 137 Å². The van der Waals surface area contributed by atoms with Gasteiger partial charge in [-0.2, -0.15) is 0 Å². The Morgan fingerprint density at radius 3 is 2.58 bits per heavy atom. The molecule has 1 aromatic heterocycles. The molecule has 0 atom stereocenters. The zero-order chi connectivity index (χ0) is 16.8. The summed E-state index contributed by atoms with van der Waals surface area (Å²) < 4.78 is 24.0. The molecule has 0 aliphatic carbocycles. The van der Waals surface area contributed by atoms with Gasteiger partial charge in [-0.1, -0.05) is 18.2 Å². The van der Waals surface area contributed by atoms with Crippen molar-refractivity contribution in [2.75, 3.05) is 7.11 Å². The molecule has 0 aliphatic heterocycles. The van der Waals surface area contributed by atoms with Crippen molar-refractivity contribution in [3.63, 3.8) is 0 Å². The molecule has 7 nitrogen and oxygen atoms in total. The highest BCUT2D eigenvalue weighted by molar-refractivity contribution is 5.44. The molecule has 8 heteroatoms. The fourth-order valence-electron chi connectivity index (χ4n) is 2.06. The lowest BCUT2D eigenvalue weighted by atomic mass is 10.2. The Kier molecular flexibility index (Phi) is 4.85. The van der Waals surface area contributed by atoms with E-state index in [0.717, 1.165) is 11.1 Å². The van der Waals surface area contributed by atoms with Gasteiger partial charge in [0.25, 0.3) is 0 Å². The number of tetrazole rings is 1. The van der Waals surface area contributed by atoms with Gasteiger partial charge in [0, 0.05) is 6.54 Å². The van der Waals surface area contributed by atoms with Gasteiger partial charge in [-0.3, -0.25) is 15.4 Å². The zero-order valence-electron chi connectivity index (χ0n) is 12.9. The lowest BCUT2D eigenvalue weighted by molar-refractivity contribution is 0.284. The van der Waals surface area contributed by atoms with E-state index in [1.165, 1.54) is 12.1 Å². The van der Waals surface area contributed by atoms with Crippen molar-refractivity contribution in [3.8, 4) is 11.5 Å². The van der Waals surface area contributed by atoms with E-state index in [-0.39, 0.29) is 5.82 Å². The number of nitrogens with zero attached hydrogens (tertiary/aromatic N) is 4. The number of aromatic nitrogens is 4. The van der Waals surface area contributed by atoms with Crippen LogP contribution in [0.3, 0.4) is 0 Å². The van der Waals surface area contributed by atoms with Crippen molar-refractivity contribution in [2.45, 2.75) is 13.2 Å². The third kappa shape index (κ3) is 3.97. The molecular weight excluding hydrogens is 313 g/mol. The molecule has 0 radical (unpaired) electrons. The molecule has 0 fully saturated rings. The van der Waals surface area contributed by atoms with Gasteiger partial charge < -0.3 is 14.8 Å². The number of nitrogens with one attached hydrogen (secondary N) is 1. The van der Waals surface area contributed by atoms with E-state index in [1.807, 2.05) is 18.2 Å². The second-order valence-electron chi connectivity index (χ2n) is 4.93. The first-order valence-electron chi connectivity index (χ1n) is 7.19. The Bertz CT molecular complexity index is 778. The number of hydrogen-bond acceptors (Lipinski definition) is 5. The number of rotatable bonds is 7. The lowest BCUT2D eigenvalue weighted by Crippen LogP contribution is -1.98. The fourth-order valence-corrected chi connectivity index (χ4v) is 2.06. The molecule has 24 heavy (non-hydrogen) atoms. The van der Waals surface area contributed by atoms with E-state index in [9.17, 15) is 4.39 Å². The average Bonchev–Trinajstić information content (AvgIpc) is 3.13. The minimum atomic E-state index is -0.272. The van der Waals surface area contributed by atoms with Crippen LogP contribution in [0.1, 0.15) is 11.1 Å². The summed E-state index contributed by atoms with van der Waals surface area (Å²) in [6.07, 6.45) is 0. The molecule has 0 unspecified atom stereocenters. The van der Waals surface area contributed by atoms with Gasteiger partial charge in [-0.05, 0) is 35.4 Å². The second kappa shape index (κ2) is 7.40. The number of methoxy groups -OCH3 is 1. The third-order valence-corrected chi connectivity index (χ3v) is 3.27. The molecule has 0 amide bonds. The van der Waals surface area contributed by atoms with Crippen LogP contribution in [0.4, 0.5) is 10.3 Å². The van der Waals surface area contributed by atoms with Gasteiger partial charge in [-0.15, -0.1) is 5.21 Å². The Hall–Kier alpha value is -3.16. The molecule has 3 rings (SSSR count). The van der Waals surface area contributed by atoms with Crippen molar-refractivity contribution < 1.29 is 13.9 Å². The standard InChI is InChI=1S/C16H15FN5O2/c1-23-15-8-12(9-18-16-19-21-22-20-16)4-7-14(15)24-10-11-2-5-13(17)6-3-11/h2-8H,9-10H2,1H3,(H-,18,19,20,21,22)/q-1. The number of aromatic amines is 1. The maximum absolute atomic E-state index is 12.9. The van der Waals surface area contributed by atoms with E-state index < -0.39 is 0 Å². The quantitative estimate of drug-likeness (QED) is 0.720. The lowest BCUT2D eigenvalue weighted by Gasteiger charge is -2.13. The summed E-state index contributed by atoms with van der Waals surface area (Å²) in [5.41, 5.74) is 1.79. The predicted octanol–water partition coefficient (Wildman–Crippen LogP) is 3.13. The summed E-state index contributed by atoms with van der Waals surface area (Å²) >= 11 is 0. The van der Waals surface area contributed by atoms with Crippen LogP contribution in [0.2, 0.25) is 0 Å². The Morgan fingerprint density at radius 2 is 1.88 bits per heavy atom. The van der Waals surface area contributed by atoms with Gasteiger partial charge >= 0.3 is 0 Å². The summed E-state index contributed by atoms with van der Waals surface area (Å²) in [6, 6.07) is 11.7. The topological polar surface area (TPSA) is 87.0 Å². The Balaban J connectivity index is 1.63. The SMILES string of the molecule is COc1cc(C[N-]c2nn[nH]n2)ccc1OCc1ccc(F)cc1. The van der Waals surface area contributed by atoms with E-state index in [1.54, 1.807) is 19.2 Å². The molecule has 0 aliphatic rings. The molecule has 1 N–H and O–H groups in total. The smallest absolute Gasteiger partial charge is 0.161 e. The molecular formula is C16H15FN5O2-. The molecule has 1 heterocycles. The van der Waals surface area contributed by atoms with Crippen molar-refractivity contribution in [1.29, 1.82) is 0 Å². The summed E-state index contributed by atoms with van der Waals surface area (Å²) in [6.45, 7) is 0.720. The van der Waals surface area contributed by atoms with Crippen molar-refractivity contribution in [3.05, 3.63) is 64.7 Å². The van der Waals surface area contributed by atoms with Crippen LogP contribution in [0.5, 0.6) is 11.5 Å². The first kappa shape index (κ1) is 15.7. The van der Waals surface area contributed by atoms with Gasteiger partial charge in [0.15, 0.2) is 11.5 Å². The molecule has 0 saturated carbocycles. The minimum Gasteiger partial charge on any atom is -0.493 e. The van der Waals surface area contributed by atoms with Crippen LogP contribution in [-0.2, 0) is 13.2 Å². The Morgan fingerprint density at radius 1 is 1.08 bits per heavy atom. The van der Waals surface area contributed by atoms with Crippen LogP contribution in [-0.4, -0.2) is 27.7 Å². The second-order valence-corrected chi connectivity index (χ2v) is 4.93. The first-order valence-corrected chi connectivity index (χ1v) is 7.19. The van der Waals surface area contributed by atoms with Gasteiger partial charge in [0.1, 0.15) is 12.4 Å². The van der Waals surface area contributed by atoms with E-state index >= 15 is 0 Å². The van der Waals surface area contributed by atoms with Crippen LogP contribution < -0.4 is 9.47 Å². The average molecular weight is 328 g/mol. The highest BCUT2D eigenvalue weighted by atomic mass is 19.1. The maximum atomic E-state index is 12.9. The normalized spacial score (nSPS) is 10.4. The highest BCUT2D eigenvalue weighted by Gasteiger charge is 2.06. The predicted molar refractivity (Wildman–Crippen MR) is 84.6 cm³/mol. The van der Waals surface area contributed by atoms with Crippen molar-refractivity contribution in [1.82, 2.24) is 20.6 Å². The van der Waals surface area contributed by atoms with Gasteiger partial charge in [0.05, 0.1) is 13.1 Å². The van der Waals surface area contributed by atoms with Crippen molar-refractivity contribution >= 4 is 5.95 Å². The summed E-state index contributed by atoms with van der Waals surface area (Å²) in [5.74, 6) is 1.22. The summed E-state index contributed by atoms with van der Waals surface area (Å²) in [7, 11) is 1.57. The number of hydrogen-bond donors (Lipinski definition) is 1. The summed E-state index contributed by atoms with van der Waals surface area (Å²) in [4.78, 5) is 0. The molecule has 0 saturated heterocycles. The van der Waals surface area contributed by atoms with Crippen LogP contribution in [0.15, 0.2) is 42.5 Å². The number of H-pyrrole nitrogens is 1. The highest BCUT2D eigenvalue weighted by Crippen LogP contribution is 2.30. The van der Waals surface area contributed by atoms with Gasteiger partial charge in [-0.25, -0.2) is 4.39 Å². The van der Waals surface area contributed by atoms with Crippen LogP contribution >= 0.6 is 0 Å². The monoisotopic (exact) mass is 328 g/mol. The fraction of sp³-hybridized carbons (Fsp3) is 0.188. The van der Waals surface area contributed by atoms with Crippen molar-refractivity contribution in [2.24, 2.45) is 0 Å². The van der Waals surface area contributed by atoms with E-state index in [4.69, 9.17) is 9.47 Å². The molecule has 0 bridgehead atoms. The van der Waals surface area contributed by atoms with Gasteiger partial charge in [0.2, 0.25) is 0 Å². The largest absolute Gasteiger partial charge is 0.493 e. The van der Waals surface area contributed by atoms with Crippen LogP contribution in [0.25, 0.3) is 5.32 Å². The minimum absolute atomic E-state index is 0.272. The molecule has 2 aromatic carbocycles. The number of halogens is 1. The van der Waals surface area contributed by atoms with E-state index in [2.05, 4.69) is 25.9 Å². The molecule has 0 spiro atoms. The summed E-state index contributed by atoms with van der Waals surface area (Å²) in [5, 5.41) is 17.5. The van der Waals surface area contributed by atoms with E-state index in [0.29, 0.717) is 30.6 Å². The zero-order valence-corrected chi connectivity index (χ0v) is 12.9. The first-order chi connectivity index (χ1) is 11.7. The number of ether oxygens (including phenoxy) is 2. The molecule has 124 valence electrons.